The Hall–Kier alpha value is -3.29. The first-order chi connectivity index (χ1) is 15.9. The fraction of sp³-hybridized carbons (Fsp3) is 0.360. The highest BCUT2D eigenvalue weighted by Crippen LogP contribution is 2.48. The van der Waals surface area contributed by atoms with Crippen LogP contribution in [0.1, 0.15) is 43.6 Å². The Labute approximate surface area is 188 Å². The summed E-state index contributed by atoms with van der Waals surface area (Å²) in [6, 6.07) is 7.61. The molecule has 1 saturated carbocycles. The van der Waals surface area contributed by atoms with Crippen LogP contribution in [0.3, 0.4) is 0 Å². The van der Waals surface area contributed by atoms with Gasteiger partial charge >= 0.3 is 0 Å². The molecular formula is C25H24F3N3O2. The van der Waals surface area contributed by atoms with Crippen LogP contribution in [0.2, 0.25) is 0 Å². The third-order valence-corrected chi connectivity index (χ3v) is 6.75. The molecule has 2 fully saturated rings. The van der Waals surface area contributed by atoms with E-state index in [1.54, 1.807) is 12.1 Å². The van der Waals surface area contributed by atoms with Crippen LogP contribution >= 0.6 is 0 Å². The summed E-state index contributed by atoms with van der Waals surface area (Å²) in [7, 11) is 0. The highest BCUT2D eigenvalue weighted by molar-refractivity contribution is 5.92. The molecule has 33 heavy (non-hydrogen) atoms. The summed E-state index contributed by atoms with van der Waals surface area (Å²) in [4.78, 5) is 27.0. The molecule has 1 saturated heterocycles. The Kier molecular flexibility index (Phi) is 5.60. The zero-order valence-electron chi connectivity index (χ0n) is 17.9. The standard InChI is InChI=1S/C25H24F3N3O2/c26-16-6-4-14(5-7-16)23-22(18-10-17(27)11-19(28)24(18)31-23)15-8-13(9-15)12-29-25(33)20-2-1-3-21(32)30-20/h4-7,10-11,13,15,20,31H,1-3,8-9,12H2,(H,29,33)(H,30,32)/t13?,15?,20-/m0/s1. The zero-order chi connectivity index (χ0) is 23.1. The van der Waals surface area contributed by atoms with Crippen molar-refractivity contribution in [2.45, 2.75) is 44.1 Å². The molecule has 5 nitrogen and oxygen atoms in total. The monoisotopic (exact) mass is 455 g/mol. The first-order valence-corrected chi connectivity index (χ1v) is 11.2. The van der Waals surface area contributed by atoms with Crippen molar-refractivity contribution < 1.29 is 22.8 Å². The SMILES string of the molecule is O=C1CCC[C@@H](C(=O)NCC2CC(c3c(-c4ccc(F)cc4)[nH]c4c(F)cc(F)cc34)C2)N1. The van der Waals surface area contributed by atoms with Crippen LogP contribution in [0.5, 0.6) is 0 Å². The summed E-state index contributed by atoms with van der Waals surface area (Å²) in [6.45, 7) is 0.485. The van der Waals surface area contributed by atoms with Gasteiger partial charge in [0.15, 0.2) is 0 Å². The predicted octanol–water partition coefficient (Wildman–Crippen LogP) is 4.53. The largest absolute Gasteiger partial charge is 0.354 e. The van der Waals surface area contributed by atoms with Gasteiger partial charge in [0.1, 0.15) is 23.5 Å². The lowest BCUT2D eigenvalue weighted by atomic mass is 9.70. The van der Waals surface area contributed by atoms with E-state index in [1.807, 2.05) is 0 Å². The van der Waals surface area contributed by atoms with E-state index in [0.717, 1.165) is 24.5 Å². The number of rotatable bonds is 5. The van der Waals surface area contributed by atoms with Gasteiger partial charge in [-0.3, -0.25) is 9.59 Å². The van der Waals surface area contributed by atoms with Crippen molar-refractivity contribution >= 4 is 22.7 Å². The van der Waals surface area contributed by atoms with Crippen LogP contribution in [0.25, 0.3) is 22.2 Å². The van der Waals surface area contributed by atoms with Crippen LogP contribution in [-0.4, -0.2) is 29.4 Å². The van der Waals surface area contributed by atoms with Crippen molar-refractivity contribution in [2.24, 2.45) is 5.92 Å². The number of aromatic nitrogens is 1. The summed E-state index contributed by atoms with van der Waals surface area (Å²) in [5, 5.41) is 6.13. The van der Waals surface area contributed by atoms with Gasteiger partial charge in [-0.1, -0.05) is 0 Å². The number of nitrogens with one attached hydrogen (secondary N) is 3. The van der Waals surface area contributed by atoms with Crippen molar-refractivity contribution in [2.75, 3.05) is 6.54 Å². The van der Waals surface area contributed by atoms with Crippen molar-refractivity contribution in [3.05, 3.63) is 59.4 Å². The molecule has 1 aromatic heterocycles. The smallest absolute Gasteiger partial charge is 0.242 e. The maximum atomic E-state index is 14.5. The quantitative estimate of drug-likeness (QED) is 0.529. The highest BCUT2D eigenvalue weighted by atomic mass is 19.1. The van der Waals surface area contributed by atoms with Crippen molar-refractivity contribution in [1.29, 1.82) is 0 Å². The van der Waals surface area contributed by atoms with E-state index in [1.165, 1.54) is 18.2 Å². The van der Waals surface area contributed by atoms with Gasteiger partial charge in [0.05, 0.1) is 11.2 Å². The van der Waals surface area contributed by atoms with Crippen LogP contribution < -0.4 is 10.6 Å². The molecule has 3 N–H and O–H groups in total. The van der Waals surface area contributed by atoms with Gasteiger partial charge in [-0.15, -0.1) is 0 Å². The number of benzene rings is 2. The lowest BCUT2D eigenvalue weighted by Crippen LogP contribution is -2.50. The van der Waals surface area contributed by atoms with Crippen LogP contribution in [0, 0.1) is 23.4 Å². The summed E-state index contributed by atoms with van der Waals surface area (Å²) < 4.78 is 42.0. The highest BCUT2D eigenvalue weighted by Gasteiger charge is 2.35. The third-order valence-electron chi connectivity index (χ3n) is 6.75. The number of hydrogen-bond donors (Lipinski definition) is 3. The van der Waals surface area contributed by atoms with Crippen molar-refractivity contribution in [3.8, 4) is 11.3 Å². The van der Waals surface area contributed by atoms with Gasteiger partial charge in [-0.05, 0) is 79.0 Å². The number of aromatic amines is 1. The topological polar surface area (TPSA) is 74.0 Å². The Morgan fingerprint density at radius 2 is 1.82 bits per heavy atom. The van der Waals surface area contributed by atoms with Gasteiger partial charge in [0.2, 0.25) is 11.8 Å². The number of H-pyrrole nitrogens is 1. The Bertz CT molecular complexity index is 1220. The van der Waals surface area contributed by atoms with Crippen molar-refractivity contribution in [3.63, 3.8) is 0 Å². The van der Waals surface area contributed by atoms with E-state index >= 15 is 0 Å². The lowest BCUT2D eigenvalue weighted by molar-refractivity contribution is -0.131. The number of carbonyl (C=O) groups excluding carboxylic acids is 2. The van der Waals surface area contributed by atoms with E-state index in [2.05, 4.69) is 15.6 Å². The molecule has 8 heteroatoms. The molecule has 2 aliphatic rings. The van der Waals surface area contributed by atoms with E-state index in [-0.39, 0.29) is 35.0 Å². The molecule has 2 heterocycles. The fourth-order valence-corrected chi connectivity index (χ4v) is 5.02. The second-order valence-corrected chi connectivity index (χ2v) is 9.02. The van der Waals surface area contributed by atoms with E-state index < -0.39 is 17.7 Å². The lowest BCUT2D eigenvalue weighted by Gasteiger charge is -2.36. The molecule has 0 radical (unpaired) electrons. The van der Waals surface area contributed by atoms with Gasteiger partial charge in [-0.2, -0.15) is 0 Å². The van der Waals surface area contributed by atoms with Gasteiger partial charge < -0.3 is 15.6 Å². The molecular weight excluding hydrogens is 431 g/mol. The van der Waals surface area contributed by atoms with E-state index in [0.29, 0.717) is 42.5 Å². The number of fused-ring (bicyclic) bond motifs is 1. The van der Waals surface area contributed by atoms with Crippen LogP contribution in [0.4, 0.5) is 13.2 Å². The second kappa shape index (κ2) is 8.57. The minimum Gasteiger partial charge on any atom is -0.354 e. The number of carbonyl (C=O) groups is 2. The maximum absolute atomic E-state index is 14.5. The average Bonchev–Trinajstić information content (AvgIpc) is 3.12. The molecule has 1 aliphatic carbocycles. The molecule has 0 unspecified atom stereocenters. The number of piperidine rings is 1. The fourth-order valence-electron chi connectivity index (χ4n) is 5.02. The summed E-state index contributed by atoms with van der Waals surface area (Å²) >= 11 is 0. The number of halogens is 3. The molecule has 2 aromatic carbocycles. The molecule has 5 rings (SSSR count). The third kappa shape index (κ3) is 4.21. The summed E-state index contributed by atoms with van der Waals surface area (Å²) in [5.41, 5.74) is 2.41. The molecule has 0 bridgehead atoms. The van der Waals surface area contributed by atoms with Crippen LogP contribution in [-0.2, 0) is 9.59 Å². The minimum atomic E-state index is -0.669. The van der Waals surface area contributed by atoms with Crippen LogP contribution in [0.15, 0.2) is 36.4 Å². The zero-order valence-corrected chi connectivity index (χ0v) is 17.9. The maximum Gasteiger partial charge on any atom is 0.242 e. The average molecular weight is 455 g/mol. The molecule has 1 aliphatic heterocycles. The van der Waals surface area contributed by atoms with Gasteiger partial charge in [0, 0.05) is 24.4 Å². The Morgan fingerprint density at radius 3 is 2.55 bits per heavy atom. The van der Waals surface area contributed by atoms with E-state index in [4.69, 9.17) is 0 Å². The van der Waals surface area contributed by atoms with E-state index in [9.17, 15) is 22.8 Å². The van der Waals surface area contributed by atoms with Crippen molar-refractivity contribution in [1.82, 2.24) is 15.6 Å². The normalized spacial score (nSPS) is 22.6. The summed E-state index contributed by atoms with van der Waals surface area (Å²) in [6.07, 6.45) is 3.29. The molecule has 1 atom stereocenters. The summed E-state index contributed by atoms with van der Waals surface area (Å²) in [5.74, 6) is -1.69. The first kappa shape index (κ1) is 21.6. The van der Waals surface area contributed by atoms with Gasteiger partial charge in [0.25, 0.3) is 0 Å². The molecule has 3 aromatic rings. The number of amides is 2. The molecule has 0 spiro atoms. The second-order valence-electron chi connectivity index (χ2n) is 9.02. The first-order valence-electron chi connectivity index (χ1n) is 11.2. The molecule has 172 valence electrons. The Morgan fingerprint density at radius 1 is 1.06 bits per heavy atom. The van der Waals surface area contributed by atoms with Gasteiger partial charge in [-0.25, -0.2) is 13.2 Å². The predicted molar refractivity (Wildman–Crippen MR) is 118 cm³/mol. The molecule has 2 amide bonds. The number of hydrogen-bond acceptors (Lipinski definition) is 2. The minimum absolute atomic E-state index is 0.0521. The Balaban J connectivity index is 1.34.